The SMILES string of the molecule is CC1CC2(CCN1C)NC(=O)CC2=O. The van der Waals surface area contributed by atoms with E-state index < -0.39 is 5.54 Å². The molecule has 2 aliphatic heterocycles. The summed E-state index contributed by atoms with van der Waals surface area (Å²) in [6.45, 7) is 2.98. The second-order valence-corrected chi connectivity index (χ2v) is 4.51. The van der Waals surface area contributed by atoms with Crippen LogP contribution in [0.4, 0.5) is 0 Å². The summed E-state index contributed by atoms with van der Waals surface area (Å²) in [7, 11) is 2.05. The molecule has 2 aliphatic rings. The fraction of sp³-hybridized carbons (Fsp3) is 0.800. The van der Waals surface area contributed by atoms with Crippen molar-refractivity contribution >= 4 is 11.7 Å². The summed E-state index contributed by atoms with van der Waals surface area (Å²) >= 11 is 0. The average molecular weight is 196 g/mol. The minimum atomic E-state index is -0.525. The van der Waals surface area contributed by atoms with Crippen LogP contribution >= 0.6 is 0 Å². The molecule has 78 valence electrons. The zero-order valence-electron chi connectivity index (χ0n) is 8.67. The molecule has 2 rings (SSSR count). The lowest BCUT2D eigenvalue weighted by molar-refractivity contribution is -0.124. The van der Waals surface area contributed by atoms with Gasteiger partial charge in [0.05, 0.1) is 6.42 Å². The van der Waals surface area contributed by atoms with Crippen LogP contribution in [0.15, 0.2) is 0 Å². The van der Waals surface area contributed by atoms with Gasteiger partial charge in [-0.3, -0.25) is 9.59 Å². The summed E-state index contributed by atoms with van der Waals surface area (Å²) in [4.78, 5) is 25.1. The van der Waals surface area contributed by atoms with E-state index in [0.29, 0.717) is 6.04 Å². The highest BCUT2D eigenvalue weighted by Crippen LogP contribution is 2.31. The lowest BCUT2D eigenvalue weighted by Crippen LogP contribution is -2.56. The molecule has 2 heterocycles. The number of hydrogen-bond acceptors (Lipinski definition) is 3. The highest BCUT2D eigenvalue weighted by Gasteiger charge is 2.48. The fourth-order valence-electron chi connectivity index (χ4n) is 2.41. The highest BCUT2D eigenvalue weighted by molar-refractivity contribution is 6.10. The standard InChI is InChI=1S/C10H16N2O2/c1-7-6-10(3-4-12(7)2)8(13)5-9(14)11-10/h7H,3-6H2,1-2H3,(H,11,14). The van der Waals surface area contributed by atoms with Crippen LogP contribution in [0.1, 0.15) is 26.2 Å². The third-order valence-corrected chi connectivity index (χ3v) is 3.52. The largest absolute Gasteiger partial charge is 0.343 e. The van der Waals surface area contributed by atoms with Crippen molar-refractivity contribution in [2.75, 3.05) is 13.6 Å². The fourth-order valence-corrected chi connectivity index (χ4v) is 2.41. The predicted molar refractivity (Wildman–Crippen MR) is 51.8 cm³/mol. The predicted octanol–water partition coefficient (Wildman–Crippen LogP) is -0.0717. The Morgan fingerprint density at radius 3 is 2.71 bits per heavy atom. The first-order valence-corrected chi connectivity index (χ1v) is 5.08. The van der Waals surface area contributed by atoms with Crippen molar-refractivity contribution in [1.29, 1.82) is 0 Å². The van der Waals surface area contributed by atoms with Gasteiger partial charge in [-0.15, -0.1) is 0 Å². The molecule has 0 aromatic carbocycles. The summed E-state index contributed by atoms with van der Waals surface area (Å²) in [5, 5.41) is 2.85. The van der Waals surface area contributed by atoms with Gasteiger partial charge in [-0.05, 0) is 26.8 Å². The first kappa shape index (κ1) is 9.65. The number of carbonyl (C=O) groups excluding carboxylic acids is 2. The molecule has 2 atom stereocenters. The molecule has 1 N–H and O–H groups in total. The molecular formula is C10H16N2O2. The van der Waals surface area contributed by atoms with Gasteiger partial charge in [0.25, 0.3) is 0 Å². The molecule has 2 saturated heterocycles. The van der Waals surface area contributed by atoms with Crippen molar-refractivity contribution in [3.63, 3.8) is 0 Å². The smallest absolute Gasteiger partial charge is 0.228 e. The molecule has 14 heavy (non-hydrogen) atoms. The lowest BCUT2D eigenvalue weighted by Gasteiger charge is -2.40. The number of piperidine rings is 1. The number of likely N-dealkylation sites (tertiary alicyclic amines) is 1. The Morgan fingerprint density at radius 2 is 2.21 bits per heavy atom. The van der Waals surface area contributed by atoms with E-state index in [1.807, 2.05) is 0 Å². The van der Waals surface area contributed by atoms with E-state index in [9.17, 15) is 9.59 Å². The van der Waals surface area contributed by atoms with Gasteiger partial charge in [-0.2, -0.15) is 0 Å². The van der Waals surface area contributed by atoms with Crippen LogP contribution in [0.5, 0.6) is 0 Å². The van der Waals surface area contributed by atoms with Crippen molar-refractivity contribution < 1.29 is 9.59 Å². The lowest BCUT2D eigenvalue weighted by atomic mass is 9.82. The number of nitrogens with one attached hydrogen (secondary N) is 1. The number of hydrogen-bond donors (Lipinski definition) is 1. The topological polar surface area (TPSA) is 49.4 Å². The second-order valence-electron chi connectivity index (χ2n) is 4.51. The quantitative estimate of drug-likeness (QED) is 0.552. The van der Waals surface area contributed by atoms with E-state index in [4.69, 9.17) is 0 Å². The number of carbonyl (C=O) groups is 2. The average Bonchev–Trinajstić information content (AvgIpc) is 2.36. The first-order chi connectivity index (χ1) is 6.53. The maximum absolute atomic E-state index is 11.7. The number of Topliss-reactive ketones (excluding diaryl/α,β-unsaturated/α-hetero) is 1. The van der Waals surface area contributed by atoms with Crippen LogP contribution in [-0.4, -0.2) is 41.8 Å². The molecule has 0 bridgehead atoms. The van der Waals surface area contributed by atoms with Crippen molar-refractivity contribution in [2.24, 2.45) is 0 Å². The van der Waals surface area contributed by atoms with E-state index in [2.05, 4.69) is 24.2 Å². The molecule has 0 radical (unpaired) electrons. The number of nitrogens with zero attached hydrogens (tertiary/aromatic N) is 1. The van der Waals surface area contributed by atoms with Crippen molar-refractivity contribution in [3.8, 4) is 0 Å². The molecule has 4 heteroatoms. The molecule has 2 fully saturated rings. The summed E-state index contributed by atoms with van der Waals surface area (Å²) in [6, 6.07) is 0.367. The van der Waals surface area contributed by atoms with Gasteiger partial charge >= 0.3 is 0 Å². The van der Waals surface area contributed by atoms with Crippen LogP contribution in [0.3, 0.4) is 0 Å². The molecule has 4 nitrogen and oxygen atoms in total. The Hall–Kier alpha value is -0.900. The third kappa shape index (κ3) is 1.34. The molecular weight excluding hydrogens is 180 g/mol. The zero-order chi connectivity index (χ0) is 10.3. The van der Waals surface area contributed by atoms with Crippen molar-refractivity contribution in [1.82, 2.24) is 10.2 Å². The Morgan fingerprint density at radius 1 is 1.50 bits per heavy atom. The van der Waals surface area contributed by atoms with Crippen LogP contribution in [-0.2, 0) is 9.59 Å². The molecule has 0 aromatic heterocycles. The monoisotopic (exact) mass is 196 g/mol. The van der Waals surface area contributed by atoms with Crippen molar-refractivity contribution in [3.05, 3.63) is 0 Å². The summed E-state index contributed by atoms with van der Waals surface area (Å²) < 4.78 is 0. The Balaban J connectivity index is 2.18. The van der Waals surface area contributed by atoms with Gasteiger partial charge in [0.15, 0.2) is 5.78 Å². The minimum Gasteiger partial charge on any atom is -0.343 e. The van der Waals surface area contributed by atoms with Gasteiger partial charge in [0.2, 0.25) is 5.91 Å². The number of amides is 1. The van der Waals surface area contributed by atoms with E-state index in [1.54, 1.807) is 0 Å². The van der Waals surface area contributed by atoms with E-state index in [-0.39, 0.29) is 18.1 Å². The minimum absolute atomic E-state index is 0.0798. The van der Waals surface area contributed by atoms with Crippen molar-refractivity contribution in [2.45, 2.75) is 37.8 Å². The summed E-state index contributed by atoms with van der Waals surface area (Å²) in [6.07, 6.45) is 1.60. The summed E-state index contributed by atoms with van der Waals surface area (Å²) in [5.41, 5.74) is -0.525. The third-order valence-electron chi connectivity index (χ3n) is 3.52. The summed E-state index contributed by atoms with van der Waals surface area (Å²) in [5.74, 6) is -0.0193. The Kier molecular flexibility index (Phi) is 2.10. The number of ketones is 1. The van der Waals surface area contributed by atoms with Gasteiger partial charge < -0.3 is 10.2 Å². The number of rotatable bonds is 0. The highest BCUT2D eigenvalue weighted by atomic mass is 16.2. The Bertz CT molecular complexity index is 290. The van der Waals surface area contributed by atoms with Crippen LogP contribution < -0.4 is 5.32 Å². The molecule has 2 unspecified atom stereocenters. The Labute approximate surface area is 83.6 Å². The van der Waals surface area contributed by atoms with Crippen LogP contribution in [0.2, 0.25) is 0 Å². The molecule has 0 saturated carbocycles. The molecule has 0 aromatic rings. The van der Waals surface area contributed by atoms with Gasteiger partial charge in [0, 0.05) is 12.6 Å². The first-order valence-electron chi connectivity index (χ1n) is 5.08. The normalized spacial score (nSPS) is 39.1. The van der Waals surface area contributed by atoms with Gasteiger partial charge in [0.1, 0.15) is 5.54 Å². The zero-order valence-corrected chi connectivity index (χ0v) is 8.67. The molecule has 0 aliphatic carbocycles. The van der Waals surface area contributed by atoms with E-state index in [0.717, 1.165) is 19.4 Å². The maximum atomic E-state index is 11.7. The van der Waals surface area contributed by atoms with Gasteiger partial charge in [-0.1, -0.05) is 0 Å². The molecule has 1 spiro atoms. The van der Waals surface area contributed by atoms with E-state index in [1.165, 1.54) is 0 Å². The second kappa shape index (κ2) is 3.05. The van der Waals surface area contributed by atoms with Crippen LogP contribution in [0, 0.1) is 0 Å². The van der Waals surface area contributed by atoms with Gasteiger partial charge in [-0.25, -0.2) is 0 Å². The maximum Gasteiger partial charge on any atom is 0.228 e. The molecule has 1 amide bonds. The van der Waals surface area contributed by atoms with E-state index >= 15 is 0 Å². The van der Waals surface area contributed by atoms with Crippen LogP contribution in [0.25, 0.3) is 0 Å².